The Labute approximate surface area is 130 Å². The highest BCUT2D eigenvalue weighted by atomic mass is 16.5. The third-order valence-corrected chi connectivity index (χ3v) is 3.67. The Morgan fingerprint density at radius 1 is 1.19 bits per heavy atom. The van der Waals surface area contributed by atoms with Gasteiger partial charge < -0.3 is 14.8 Å². The van der Waals surface area contributed by atoms with Crippen LogP contribution in [0.4, 0.5) is 0 Å². The first-order valence-corrected chi connectivity index (χ1v) is 8.22. The molecule has 0 aromatic heterocycles. The number of hydrogen-bond acceptors (Lipinski definition) is 3. The van der Waals surface area contributed by atoms with Crippen LogP contribution >= 0.6 is 0 Å². The summed E-state index contributed by atoms with van der Waals surface area (Å²) < 4.78 is 10.9. The molecule has 3 nitrogen and oxygen atoms in total. The second-order valence-electron chi connectivity index (χ2n) is 5.43. The van der Waals surface area contributed by atoms with Crippen molar-refractivity contribution in [2.45, 2.75) is 39.5 Å². The normalized spacial score (nSPS) is 12.3. The van der Waals surface area contributed by atoms with Gasteiger partial charge in [0.25, 0.3) is 0 Å². The van der Waals surface area contributed by atoms with Gasteiger partial charge in [-0.1, -0.05) is 25.1 Å². The number of rotatable bonds is 12. The maximum Gasteiger partial charge on any atom is 0.122 e. The Morgan fingerprint density at radius 3 is 2.71 bits per heavy atom. The first kappa shape index (κ1) is 18.0. The molecule has 0 saturated carbocycles. The van der Waals surface area contributed by atoms with Gasteiger partial charge in [-0.25, -0.2) is 0 Å². The molecule has 0 saturated heterocycles. The molecule has 1 aromatic carbocycles. The van der Waals surface area contributed by atoms with E-state index in [1.807, 2.05) is 12.1 Å². The fourth-order valence-corrected chi connectivity index (χ4v) is 2.56. The summed E-state index contributed by atoms with van der Waals surface area (Å²) in [4.78, 5) is 0. The van der Waals surface area contributed by atoms with Crippen LogP contribution in [0.25, 0.3) is 0 Å². The predicted molar refractivity (Wildman–Crippen MR) is 89.1 cm³/mol. The number of methoxy groups -OCH3 is 1. The summed E-state index contributed by atoms with van der Waals surface area (Å²) in [6.45, 7) is 8.09. The molecule has 1 rings (SSSR count). The molecule has 3 heteroatoms. The van der Waals surface area contributed by atoms with Crippen LogP contribution in [0.5, 0.6) is 5.75 Å². The minimum Gasteiger partial charge on any atom is -0.496 e. The number of ether oxygens (including phenoxy) is 2. The van der Waals surface area contributed by atoms with Gasteiger partial charge in [0.1, 0.15) is 5.75 Å². The summed E-state index contributed by atoms with van der Waals surface area (Å²) in [5.74, 6) is 1.64. The minimum atomic E-state index is 0.633. The van der Waals surface area contributed by atoms with Crippen LogP contribution in [0.1, 0.15) is 38.7 Å². The lowest BCUT2D eigenvalue weighted by molar-refractivity contribution is 0.139. The molecule has 0 aliphatic carbocycles. The topological polar surface area (TPSA) is 30.5 Å². The second-order valence-corrected chi connectivity index (χ2v) is 5.43. The Bertz CT molecular complexity index is 368. The molecule has 1 aromatic rings. The van der Waals surface area contributed by atoms with Crippen molar-refractivity contribution >= 4 is 0 Å². The van der Waals surface area contributed by atoms with E-state index in [9.17, 15) is 0 Å². The molecule has 1 atom stereocenters. The van der Waals surface area contributed by atoms with Crippen LogP contribution in [0.15, 0.2) is 24.3 Å². The monoisotopic (exact) mass is 293 g/mol. The van der Waals surface area contributed by atoms with E-state index in [0.717, 1.165) is 44.9 Å². The molecule has 1 N–H and O–H groups in total. The molecule has 0 radical (unpaired) electrons. The van der Waals surface area contributed by atoms with Crippen molar-refractivity contribution < 1.29 is 9.47 Å². The third-order valence-electron chi connectivity index (χ3n) is 3.67. The van der Waals surface area contributed by atoms with Crippen molar-refractivity contribution in [3.63, 3.8) is 0 Å². The molecule has 0 heterocycles. The van der Waals surface area contributed by atoms with E-state index >= 15 is 0 Å². The molecule has 0 spiro atoms. The fraction of sp³-hybridized carbons (Fsp3) is 0.667. The molecule has 0 aliphatic heterocycles. The molecule has 1 unspecified atom stereocenters. The van der Waals surface area contributed by atoms with E-state index < -0.39 is 0 Å². The molecule has 120 valence electrons. The standard InChI is InChI=1S/C18H31NO2/c1-4-12-19-15-16(9-8-13-21-5-2)14-17-10-6-7-11-18(17)20-3/h6-7,10-11,16,19H,4-5,8-9,12-15H2,1-3H3. The van der Waals surface area contributed by atoms with E-state index in [1.54, 1.807) is 7.11 Å². The first-order chi connectivity index (χ1) is 10.3. The maximum absolute atomic E-state index is 5.47. The van der Waals surface area contributed by atoms with Crippen molar-refractivity contribution in [3.05, 3.63) is 29.8 Å². The van der Waals surface area contributed by atoms with Gasteiger partial charge in [-0.05, 0) is 63.2 Å². The van der Waals surface area contributed by atoms with Crippen molar-refractivity contribution in [3.8, 4) is 5.75 Å². The Kier molecular flexibility index (Phi) is 9.92. The highest BCUT2D eigenvalue weighted by Gasteiger charge is 2.12. The molecular formula is C18H31NO2. The average molecular weight is 293 g/mol. The summed E-state index contributed by atoms with van der Waals surface area (Å²) in [6.07, 6.45) is 4.56. The minimum absolute atomic E-state index is 0.633. The van der Waals surface area contributed by atoms with E-state index in [4.69, 9.17) is 9.47 Å². The fourth-order valence-electron chi connectivity index (χ4n) is 2.56. The third kappa shape index (κ3) is 7.49. The number of hydrogen-bond donors (Lipinski definition) is 1. The summed E-state index contributed by atoms with van der Waals surface area (Å²) in [6, 6.07) is 8.34. The van der Waals surface area contributed by atoms with E-state index in [-0.39, 0.29) is 0 Å². The van der Waals surface area contributed by atoms with E-state index in [0.29, 0.717) is 5.92 Å². The van der Waals surface area contributed by atoms with Gasteiger partial charge in [0.2, 0.25) is 0 Å². The molecular weight excluding hydrogens is 262 g/mol. The zero-order valence-electron chi connectivity index (χ0n) is 13.9. The van der Waals surface area contributed by atoms with E-state index in [1.165, 1.54) is 18.4 Å². The molecule has 0 aliphatic rings. The van der Waals surface area contributed by atoms with Crippen molar-refractivity contribution in [1.29, 1.82) is 0 Å². The van der Waals surface area contributed by atoms with Gasteiger partial charge in [-0.3, -0.25) is 0 Å². The number of para-hydroxylation sites is 1. The van der Waals surface area contributed by atoms with Gasteiger partial charge in [0.15, 0.2) is 0 Å². The van der Waals surface area contributed by atoms with Gasteiger partial charge in [-0.2, -0.15) is 0 Å². The average Bonchev–Trinajstić information content (AvgIpc) is 2.52. The Balaban J connectivity index is 2.53. The second kappa shape index (κ2) is 11.6. The Hall–Kier alpha value is -1.06. The highest BCUT2D eigenvalue weighted by molar-refractivity contribution is 5.33. The predicted octanol–water partition coefficient (Wildman–Crippen LogP) is 3.67. The molecule has 0 amide bonds. The van der Waals surface area contributed by atoms with Crippen LogP contribution in [-0.4, -0.2) is 33.4 Å². The van der Waals surface area contributed by atoms with E-state index in [2.05, 4.69) is 31.3 Å². The summed E-state index contributed by atoms with van der Waals surface area (Å²) in [5.41, 5.74) is 1.31. The van der Waals surface area contributed by atoms with Crippen LogP contribution in [-0.2, 0) is 11.2 Å². The lowest BCUT2D eigenvalue weighted by Gasteiger charge is -2.19. The van der Waals surface area contributed by atoms with Crippen molar-refractivity contribution in [2.24, 2.45) is 5.92 Å². The number of benzene rings is 1. The zero-order chi connectivity index (χ0) is 15.3. The Morgan fingerprint density at radius 2 is 2.00 bits per heavy atom. The van der Waals surface area contributed by atoms with Gasteiger partial charge in [0, 0.05) is 13.2 Å². The van der Waals surface area contributed by atoms with Crippen LogP contribution in [0.3, 0.4) is 0 Å². The zero-order valence-corrected chi connectivity index (χ0v) is 13.9. The van der Waals surface area contributed by atoms with Gasteiger partial charge in [0.05, 0.1) is 7.11 Å². The molecule has 0 bridgehead atoms. The lowest BCUT2D eigenvalue weighted by atomic mass is 9.94. The lowest BCUT2D eigenvalue weighted by Crippen LogP contribution is -2.25. The van der Waals surface area contributed by atoms with Crippen LogP contribution in [0.2, 0.25) is 0 Å². The quantitative estimate of drug-likeness (QED) is 0.596. The maximum atomic E-state index is 5.47. The smallest absolute Gasteiger partial charge is 0.122 e. The van der Waals surface area contributed by atoms with Gasteiger partial charge in [-0.15, -0.1) is 0 Å². The van der Waals surface area contributed by atoms with Gasteiger partial charge >= 0.3 is 0 Å². The van der Waals surface area contributed by atoms with Crippen LogP contribution in [0, 0.1) is 5.92 Å². The SMILES string of the molecule is CCCNCC(CCCOCC)Cc1ccccc1OC. The van der Waals surface area contributed by atoms with Crippen molar-refractivity contribution in [1.82, 2.24) is 5.32 Å². The summed E-state index contributed by atoms with van der Waals surface area (Å²) in [5, 5.41) is 3.55. The first-order valence-electron chi connectivity index (χ1n) is 8.22. The molecule has 0 fully saturated rings. The van der Waals surface area contributed by atoms with Crippen LogP contribution < -0.4 is 10.1 Å². The van der Waals surface area contributed by atoms with Crippen molar-refractivity contribution in [2.75, 3.05) is 33.4 Å². The summed E-state index contributed by atoms with van der Waals surface area (Å²) >= 11 is 0. The largest absolute Gasteiger partial charge is 0.496 e. The molecule has 21 heavy (non-hydrogen) atoms. The summed E-state index contributed by atoms with van der Waals surface area (Å²) in [7, 11) is 1.75. The highest BCUT2D eigenvalue weighted by Crippen LogP contribution is 2.22. The number of nitrogens with one attached hydrogen (secondary N) is 1.